The van der Waals surface area contributed by atoms with Gasteiger partial charge in [0.05, 0.1) is 17.1 Å². The summed E-state index contributed by atoms with van der Waals surface area (Å²) in [6.07, 6.45) is 3.28. The van der Waals surface area contributed by atoms with Crippen LogP contribution in [0, 0.1) is 0 Å². The van der Waals surface area contributed by atoms with Crippen molar-refractivity contribution in [1.82, 2.24) is 4.98 Å². The summed E-state index contributed by atoms with van der Waals surface area (Å²) in [7, 11) is -3.12. The lowest BCUT2D eigenvalue weighted by atomic mass is 10.0. The van der Waals surface area contributed by atoms with Crippen molar-refractivity contribution >= 4 is 9.84 Å². The first-order valence-corrected chi connectivity index (χ1v) is 7.61. The van der Waals surface area contributed by atoms with Crippen molar-refractivity contribution in [2.75, 3.05) is 5.75 Å². The number of hydrogen-bond donors (Lipinski definition) is 1. The van der Waals surface area contributed by atoms with Crippen molar-refractivity contribution in [3.63, 3.8) is 0 Å². The normalized spacial score (nSPS) is 25.4. The van der Waals surface area contributed by atoms with E-state index in [1.165, 1.54) is 0 Å². The number of nitrogens with zero attached hydrogens (tertiary/aromatic N) is 1. The summed E-state index contributed by atoms with van der Waals surface area (Å²) in [6.45, 7) is 0. The first kappa shape index (κ1) is 12.5. The molecule has 0 amide bonds. The largest absolute Gasteiger partial charge is 0.391 e. The zero-order valence-electron chi connectivity index (χ0n) is 9.62. The van der Waals surface area contributed by atoms with E-state index in [1.54, 1.807) is 18.3 Å². The second-order valence-corrected chi connectivity index (χ2v) is 6.83. The van der Waals surface area contributed by atoms with Gasteiger partial charge in [0.25, 0.3) is 0 Å². The van der Waals surface area contributed by atoms with Crippen LogP contribution in [-0.2, 0) is 16.3 Å². The molecule has 1 aliphatic heterocycles. The zero-order chi connectivity index (χ0) is 12.3. The van der Waals surface area contributed by atoms with E-state index in [1.807, 2.05) is 6.07 Å². The van der Waals surface area contributed by atoms with Gasteiger partial charge in [-0.2, -0.15) is 0 Å². The monoisotopic (exact) mass is 255 g/mol. The maximum atomic E-state index is 11.8. The van der Waals surface area contributed by atoms with Gasteiger partial charge in [-0.15, -0.1) is 0 Å². The third-order valence-electron chi connectivity index (χ3n) is 3.20. The summed E-state index contributed by atoms with van der Waals surface area (Å²) in [5.74, 6) is 0.205. The molecule has 2 atom stereocenters. The van der Waals surface area contributed by atoms with Crippen molar-refractivity contribution in [2.24, 2.45) is 0 Å². The molecule has 1 saturated heterocycles. The van der Waals surface area contributed by atoms with Gasteiger partial charge in [-0.1, -0.05) is 12.5 Å². The molecule has 2 unspecified atom stereocenters. The lowest BCUT2D eigenvalue weighted by Gasteiger charge is -2.26. The molecule has 1 fully saturated rings. The van der Waals surface area contributed by atoms with Crippen LogP contribution in [0.2, 0.25) is 0 Å². The first-order valence-electron chi connectivity index (χ1n) is 5.89. The Bertz CT molecular complexity index is 458. The highest BCUT2D eigenvalue weighted by molar-refractivity contribution is 7.92. The van der Waals surface area contributed by atoms with Gasteiger partial charge < -0.3 is 5.11 Å². The molecular weight excluding hydrogens is 238 g/mol. The molecular formula is C12H17NO3S. The molecule has 94 valence electrons. The SMILES string of the molecule is O=S1(=O)CCCCC1C(O)Cc1ccccn1. The van der Waals surface area contributed by atoms with Crippen LogP contribution in [0.25, 0.3) is 0 Å². The van der Waals surface area contributed by atoms with Crippen LogP contribution in [0.15, 0.2) is 24.4 Å². The Kier molecular flexibility index (Phi) is 3.79. The molecule has 1 aromatic heterocycles. The maximum absolute atomic E-state index is 11.8. The van der Waals surface area contributed by atoms with Crippen LogP contribution in [0.4, 0.5) is 0 Å². The third kappa shape index (κ3) is 3.04. The fourth-order valence-corrected chi connectivity index (χ4v) is 4.29. The quantitative estimate of drug-likeness (QED) is 0.873. The van der Waals surface area contributed by atoms with Crippen LogP contribution in [-0.4, -0.2) is 35.6 Å². The van der Waals surface area contributed by atoms with Gasteiger partial charge in [0.2, 0.25) is 0 Å². The minimum atomic E-state index is -3.12. The molecule has 1 aromatic rings. The number of hydrogen-bond acceptors (Lipinski definition) is 4. The van der Waals surface area contributed by atoms with E-state index in [4.69, 9.17) is 0 Å². The van der Waals surface area contributed by atoms with Crippen molar-refractivity contribution < 1.29 is 13.5 Å². The van der Waals surface area contributed by atoms with Gasteiger partial charge in [0, 0.05) is 18.3 Å². The molecule has 0 aliphatic carbocycles. The van der Waals surface area contributed by atoms with Gasteiger partial charge in [0.15, 0.2) is 9.84 Å². The van der Waals surface area contributed by atoms with Gasteiger partial charge in [-0.25, -0.2) is 8.42 Å². The molecule has 0 spiro atoms. The maximum Gasteiger partial charge on any atom is 0.155 e. The molecule has 0 radical (unpaired) electrons. The highest BCUT2D eigenvalue weighted by atomic mass is 32.2. The highest BCUT2D eigenvalue weighted by Crippen LogP contribution is 2.23. The summed E-state index contributed by atoms with van der Waals surface area (Å²) < 4.78 is 23.7. The van der Waals surface area contributed by atoms with E-state index < -0.39 is 21.2 Å². The standard InChI is InChI=1S/C12H17NO3S/c14-11(9-10-5-1-3-7-13-10)12-6-2-4-8-17(12,15)16/h1,3,5,7,11-12,14H,2,4,6,8-9H2. The van der Waals surface area contributed by atoms with Gasteiger partial charge >= 0.3 is 0 Å². The van der Waals surface area contributed by atoms with Crippen LogP contribution < -0.4 is 0 Å². The summed E-state index contributed by atoms with van der Waals surface area (Å²) in [5, 5.41) is 9.43. The number of rotatable bonds is 3. The predicted octanol–water partition coefficient (Wildman–Crippen LogP) is 0.952. The minimum Gasteiger partial charge on any atom is -0.391 e. The molecule has 0 aromatic carbocycles. The molecule has 5 heteroatoms. The van der Waals surface area contributed by atoms with E-state index in [9.17, 15) is 13.5 Å². The average molecular weight is 255 g/mol. The number of sulfone groups is 1. The minimum absolute atomic E-state index is 0.205. The average Bonchev–Trinajstić information content (AvgIpc) is 2.29. The summed E-state index contributed by atoms with van der Waals surface area (Å²) >= 11 is 0. The Labute approximate surface area is 102 Å². The molecule has 4 nitrogen and oxygen atoms in total. The molecule has 2 heterocycles. The Morgan fingerprint density at radius 3 is 2.88 bits per heavy atom. The van der Waals surface area contributed by atoms with Crippen LogP contribution in [0.1, 0.15) is 25.0 Å². The second-order valence-electron chi connectivity index (χ2n) is 4.49. The van der Waals surface area contributed by atoms with Gasteiger partial charge in [0.1, 0.15) is 0 Å². The zero-order valence-corrected chi connectivity index (χ0v) is 10.4. The van der Waals surface area contributed by atoms with Crippen LogP contribution in [0.5, 0.6) is 0 Å². The topological polar surface area (TPSA) is 67.3 Å². The Morgan fingerprint density at radius 1 is 1.41 bits per heavy atom. The lowest BCUT2D eigenvalue weighted by Crippen LogP contribution is -2.39. The molecule has 0 saturated carbocycles. The lowest BCUT2D eigenvalue weighted by molar-refractivity contribution is 0.161. The Hall–Kier alpha value is -0.940. The number of aromatic nitrogens is 1. The number of aliphatic hydroxyl groups is 1. The van der Waals surface area contributed by atoms with E-state index >= 15 is 0 Å². The Balaban J connectivity index is 2.07. The molecule has 0 bridgehead atoms. The molecule has 1 N–H and O–H groups in total. The van der Waals surface area contributed by atoms with E-state index in [2.05, 4.69) is 4.98 Å². The fourth-order valence-electron chi connectivity index (χ4n) is 2.28. The van der Waals surface area contributed by atoms with Gasteiger partial charge in [-0.3, -0.25) is 4.98 Å². The summed E-state index contributed by atoms with van der Waals surface area (Å²) in [4.78, 5) is 4.11. The van der Waals surface area contributed by atoms with Crippen molar-refractivity contribution in [3.05, 3.63) is 30.1 Å². The van der Waals surface area contributed by atoms with Crippen molar-refractivity contribution in [1.29, 1.82) is 0 Å². The predicted molar refractivity (Wildman–Crippen MR) is 65.4 cm³/mol. The van der Waals surface area contributed by atoms with E-state index in [-0.39, 0.29) is 5.75 Å². The van der Waals surface area contributed by atoms with Crippen molar-refractivity contribution in [3.8, 4) is 0 Å². The molecule has 17 heavy (non-hydrogen) atoms. The number of pyridine rings is 1. The van der Waals surface area contributed by atoms with E-state index in [0.29, 0.717) is 12.8 Å². The molecule has 1 aliphatic rings. The number of aliphatic hydroxyl groups excluding tert-OH is 1. The Morgan fingerprint density at radius 2 is 2.24 bits per heavy atom. The first-order chi connectivity index (χ1) is 8.09. The fraction of sp³-hybridized carbons (Fsp3) is 0.583. The molecule has 2 rings (SSSR count). The second kappa shape index (κ2) is 5.14. The smallest absolute Gasteiger partial charge is 0.155 e. The third-order valence-corrected chi connectivity index (χ3v) is 5.53. The van der Waals surface area contributed by atoms with Crippen LogP contribution >= 0.6 is 0 Å². The highest BCUT2D eigenvalue weighted by Gasteiger charge is 2.34. The summed E-state index contributed by atoms with van der Waals surface area (Å²) in [6, 6.07) is 5.44. The van der Waals surface area contributed by atoms with E-state index in [0.717, 1.165) is 18.5 Å². The van der Waals surface area contributed by atoms with Crippen molar-refractivity contribution in [2.45, 2.75) is 37.0 Å². The van der Waals surface area contributed by atoms with Crippen LogP contribution in [0.3, 0.4) is 0 Å². The summed E-state index contributed by atoms with van der Waals surface area (Å²) in [5.41, 5.74) is 0.737. The van der Waals surface area contributed by atoms with Gasteiger partial charge in [-0.05, 0) is 25.0 Å².